The van der Waals surface area contributed by atoms with Crippen molar-refractivity contribution in [1.82, 2.24) is 0 Å². The van der Waals surface area contributed by atoms with Crippen LogP contribution >= 0.6 is 0 Å². The molecule has 2 aromatic rings. The van der Waals surface area contributed by atoms with Crippen molar-refractivity contribution in [2.45, 2.75) is 17.6 Å². The second kappa shape index (κ2) is 6.52. The minimum atomic E-state index is -1.34. The summed E-state index contributed by atoms with van der Waals surface area (Å²) in [6, 6.07) is 11.0. The van der Waals surface area contributed by atoms with E-state index in [1.54, 1.807) is 30.3 Å². The van der Waals surface area contributed by atoms with Gasteiger partial charge in [-0.1, -0.05) is 6.07 Å². The highest BCUT2D eigenvalue weighted by Crippen LogP contribution is 2.24. The van der Waals surface area contributed by atoms with Gasteiger partial charge in [0.1, 0.15) is 11.6 Å². The topological polar surface area (TPSA) is 52.3 Å². The Bertz CT molecular complexity index is 631. The normalized spacial score (nSPS) is 12.1. The highest BCUT2D eigenvalue weighted by molar-refractivity contribution is 7.84. The lowest BCUT2D eigenvalue weighted by Crippen LogP contribution is -2.02. The molecule has 0 amide bonds. The van der Waals surface area contributed by atoms with E-state index in [2.05, 4.69) is 0 Å². The molecule has 0 fully saturated rings. The molecule has 0 bridgehead atoms. The predicted molar refractivity (Wildman–Crippen MR) is 78.5 cm³/mol. The van der Waals surface area contributed by atoms with E-state index >= 15 is 0 Å². The lowest BCUT2D eigenvalue weighted by Gasteiger charge is -2.11. The van der Waals surface area contributed by atoms with Gasteiger partial charge < -0.3 is 10.5 Å². The van der Waals surface area contributed by atoms with Crippen molar-refractivity contribution in [2.75, 3.05) is 12.3 Å². The molecule has 0 heterocycles. The molecule has 5 heteroatoms. The number of anilines is 1. The van der Waals surface area contributed by atoms with Gasteiger partial charge in [0.25, 0.3) is 0 Å². The zero-order valence-corrected chi connectivity index (χ0v) is 12.0. The van der Waals surface area contributed by atoms with Crippen LogP contribution in [0.5, 0.6) is 5.75 Å². The molecular formula is C15H16FNO2S. The SMILES string of the molecule is CCOc1ccc(N)cc1CS(=O)c1cccc(F)c1. The van der Waals surface area contributed by atoms with E-state index in [9.17, 15) is 8.60 Å². The minimum Gasteiger partial charge on any atom is -0.494 e. The average Bonchev–Trinajstić information content (AvgIpc) is 2.42. The van der Waals surface area contributed by atoms with Crippen molar-refractivity contribution in [3.05, 3.63) is 53.8 Å². The van der Waals surface area contributed by atoms with E-state index in [0.717, 1.165) is 5.56 Å². The number of halogens is 1. The molecule has 20 heavy (non-hydrogen) atoms. The second-order valence-electron chi connectivity index (χ2n) is 4.25. The van der Waals surface area contributed by atoms with Crippen molar-refractivity contribution in [3.8, 4) is 5.75 Å². The molecule has 0 saturated heterocycles. The maximum Gasteiger partial charge on any atom is 0.124 e. The highest BCUT2D eigenvalue weighted by atomic mass is 32.2. The molecular weight excluding hydrogens is 277 g/mol. The van der Waals surface area contributed by atoms with Crippen LogP contribution in [0.1, 0.15) is 12.5 Å². The lowest BCUT2D eigenvalue weighted by atomic mass is 10.2. The van der Waals surface area contributed by atoms with Crippen LogP contribution in [0.3, 0.4) is 0 Å². The Labute approximate surface area is 120 Å². The summed E-state index contributed by atoms with van der Waals surface area (Å²) in [6.45, 7) is 2.40. The van der Waals surface area contributed by atoms with Gasteiger partial charge in [0, 0.05) is 16.1 Å². The van der Waals surface area contributed by atoms with E-state index in [-0.39, 0.29) is 5.75 Å². The van der Waals surface area contributed by atoms with Crippen LogP contribution in [-0.2, 0) is 16.6 Å². The van der Waals surface area contributed by atoms with Gasteiger partial charge >= 0.3 is 0 Å². The van der Waals surface area contributed by atoms with Crippen LogP contribution in [0.4, 0.5) is 10.1 Å². The molecule has 1 atom stereocenters. The number of nitrogen functional groups attached to an aromatic ring is 1. The van der Waals surface area contributed by atoms with Crippen molar-refractivity contribution >= 4 is 16.5 Å². The Kier molecular flexibility index (Phi) is 4.74. The zero-order valence-electron chi connectivity index (χ0n) is 11.1. The van der Waals surface area contributed by atoms with Crippen molar-refractivity contribution in [1.29, 1.82) is 0 Å². The Hall–Kier alpha value is -1.88. The second-order valence-corrected chi connectivity index (χ2v) is 5.70. The molecule has 0 aliphatic rings. The summed E-state index contributed by atoms with van der Waals surface area (Å²) < 4.78 is 30.9. The highest BCUT2D eigenvalue weighted by Gasteiger charge is 2.11. The molecule has 106 valence electrons. The third-order valence-electron chi connectivity index (χ3n) is 2.73. The zero-order chi connectivity index (χ0) is 14.5. The van der Waals surface area contributed by atoms with Gasteiger partial charge in [0.05, 0.1) is 23.2 Å². The van der Waals surface area contributed by atoms with Crippen LogP contribution in [0.15, 0.2) is 47.4 Å². The number of hydrogen-bond donors (Lipinski definition) is 1. The van der Waals surface area contributed by atoms with Gasteiger partial charge in [-0.15, -0.1) is 0 Å². The van der Waals surface area contributed by atoms with Crippen molar-refractivity contribution < 1.29 is 13.3 Å². The van der Waals surface area contributed by atoms with Crippen molar-refractivity contribution in [3.63, 3.8) is 0 Å². The van der Waals surface area contributed by atoms with Gasteiger partial charge in [0.2, 0.25) is 0 Å². The molecule has 3 nitrogen and oxygen atoms in total. The summed E-state index contributed by atoms with van der Waals surface area (Å²) in [4.78, 5) is 0.454. The number of rotatable bonds is 5. The van der Waals surface area contributed by atoms with Gasteiger partial charge in [-0.3, -0.25) is 4.21 Å². The predicted octanol–water partition coefficient (Wildman–Crippen LogP) is 3.11. The Morgan fingerprint density at radius 2 is 2.05 bits per heavy atom. The fraction of sp³-hybridized carbons (Fsp3) is 0.200. The smallest absolute Gasteiger partial charge is 0.124 e. The number of benzene rings is 2. The Morgan fingerprint density at radius 1 is 1.25 bits per heavy atom. The van der Waals surface area contributed by atoms with Gasteiger partial charge in [-0.25, -0.2) is 4.39 Å². The Morgan fingerprint density at radius 3 is 2.75 bits per heavy atom. The van der Waals surface area contributed by atoms with E-state index in [4.69, 9.17) is 10.5 Å². The molecule has 0 aliphatic heterocycles. The first-order chi connectivity index (χ1) is 9.60. The quantitative estimate of drug-likeness (QED) is 0.862. The fourth-order valence-electron chi connectivity index (χ4n) is 1.84. The first-order valence-electron chi connectivity index (χ1n) is 6.25. The molecule has 2 N–H and O–H groups in total. The Balaban J connectivity index is 2.25. The van der Waals surface area contributed by atoms with Crippen LogP contribution in [0.2, 0.25) is 0 Å². The third kappa shape index (κ3) is 3.57. The molecule has 0 aliphatic carbocycles. The number of ether oxygens (including phenoxy) is 1. The monoisotopic (exact) mass is 293 g/mol. The molecule has 1 unspecified atom stereocenters. The maximum atomic E-state index is 13.2. The van der Waals surface area contributed by atoms with Crippen LogP contribution in [0.25, 0.3) is 0 Å². The van der Waals surface area contributed by atoms with E-state index in [0.29, 0.717) is 22.9 Å². The van der Waals surface area contributed by atoms with Crippen LogP contribution < -0.4 is 10.5 Å². The largest absolute Gasteiger partial charge is 0.494 e. The van der Waals surface area contributed by atoms with Gasteiger partial charge in [-0.05, 0) is 43.3 Å². The third-order valence-corrected chi connectivity index (χ3v) is 4.08. The maximum absolute atomic E-state index is 13.2. The lowest BCUT2D eigenvalue weighted by molar-refractivity contribution is 0.337. The van der Waals surface area contributed by atoms with E-state index < -0.39 is 16.6 Å². The van der Waals surface area contributed by atoms with E-state index in [1.807, 2.05) is 6.92 Å². The van der Waals surface area contributed by atoms with Crippen LogP contribution in [0, 0.1) is 5.82 Å². The molecule has 2 rings (SSSR count). The molecule has 0 aromatic heterocycles. The average molecular weight is 293 g/mol. The summed E-state index contributed by atoms with van der Waals surface area (Å²) >= 11 is 0. The summed E-state index contributed by atoms with van der Waals surface area (Å²) in [5.74, 6) is 0.504. The van der Waals surface area contributed by atoms with Crippen molar-refractivity contribution in [2.24, 2.45) is 0 Å². The molecule has 0 radical (unpaired) electrons. The fourth-order valence-corrected chi connectivity index (χ4v) is 2.99. The molecule has 0 spiro atoms. The summed E-state index contributed by atoms with van der Waals surface area (Å²) in [7, 11) is -1.34. The first kappa shape index (κ1) is 14.5. The van der Waals surface area contributed by atoms with Crippen LogP contribution in [-0.4, -0.2) is 10.8 Å². The van der Waals surface area contributed by atoms with E-state index in [1.165, 1.54) is 12.1 Å². The first-order valence-corrected chi connectivity index (χ1v) is 7.57. The summed E-state index contributed by atoms with van der Waals surface area (Å²) in [5.41, 5.74) is 7.09. The number of nitrogens with two attached hydrogens (primary N) is 1. The standard InChI is InChI=1S/C15H16FNO2S/c1-2-19-15-7-6-13(17)8-11(15)10-20(18)14-5-3-4-12(16)9-14/h3-9H,2,10,17H2,1H3. The summed E-state index contributed by atoms with van der Waals surface area (Å²) in [6.07, 6.45) is 0. The van der Waals surface area contributed by atoms with Gasteiger partial charge in [0.15, 0.2) is 0 Å². The van der Waals surface area contributed by atoms with Gasteiger partial charge in [-0.2, -0.15) is 0 Å². The molecule has 2 aromatic carbocycles. The molecule has 0 saturated carbocycles. The number of hydrogen-bond acceptors (Lipinski definition) is 3. The summed E-state index contributed by atoms with van der Waals surface area (Å²) in [5, 5.41) is 0. The minimum absolute atomic E-state index is 0.240.